The number of primary amides is 1. The fourth-order valence-corrected chi connectivity index (χ4v) is 2.44. The summed E-state index contributed by atoms with van der Waals surface area (Å²) in [5, 5.41) is 3.06. The summed E-state index contributed by atoms with van der Waals surface area (Å²) < 4.78 is 0. The molecular formula is C14H15N3O2S. The maximum atomic E-state index is 11.8. The lowest BCUT2D eigenvalue weighted by molar-refractivity contribution is -0.116. The van der Waals surface area contributed by atoms with Crippen LogP contribution in [-0.2, 0) is 11.2 Å². The van der Waals surface area contributed by atoms with Crippen molar-refractivity contribution in [3.63, 3.8) is 0 Å². The van der Waals surface area contributed by atoms with Gasteiger partial charge in [-0.1, -0.05) is 41.2 Å². The fourth-order valence-electron chi connectivity index (χ4n) is 1.75. The molecule has 2 amide bonds. The highest BCUT2D eigenvalue weighted by molar-refractivity contribution is 7.17. The lowest BCUT2D eigenvalue weighted by atomic mass is 10.1. The Morgan fingerprint density at radius 1 is 1.40 bits per heavy atom. The number of nitrogens with one attached hydrogen (secondary N) is 1. The summed E-state index contributed by atoms with van der Waals surface area (Å²) in [5.41, 5.74) is 7.42. The SMILES string of the molecule is Cc1cccc(CCC(=O)Nc2ncc(C(N)=O)s2)c1. The Balaban J connectivity index is 1.87. The van der Waals surface area contributed by atoms with Crippen LogP contribution in [-0.4, -0.2) is 16.8 Å². The van der Waals surface area contributed by atoms with Crippen LogP contribution in [0.1, 0.15) is 27.2 Å². The van der Waals surface area contributed by atoms with E-state index in [1.807, 2.05) is 25.1 Å². The summed E-state index contributed by atoms with van der Waals surface area (Å²) in [6.07, 6.45) is 2.40. The molecule has 2 aromatic rings. The van der Waals surface area contributed by atoms with E-state index in [-0.39, 0.29) is 5.91 Å². The number of anilines is 1. The van der Waals surface area contributed by atoms with E-state index < -0.39 is 5.91 Å². The number of nitrogens with zero attached hydrogens (tertiary/aromatic N) is 1. The van der Waals surface area contributed by atoms with Crippen LogP contribution in [0.15, 0.2) is 30.5 Å². The molecule has 0 radical (unpaired) electrons. The van der Waals surface area contributed by atoms with Crippen molar-refractivity contribution in [3.8, 4) is 0 Å². The van der Waals surface area contributed by atoms with Crippen molar-refractivity contribution < 1.29 is 9.59 Å². The van der Waals surface area contributed by atoms with Crippen LogP contribution in [0.2, 0.25) is 0 Å². The minimum Gasteiger partial charge on any atom is -0.365 e. The van der Waals surface area contributed by atoms with E-state index in [4.69, 9.17) is 5.73 Å². The van der Waals surface area contributed by atoms with Crippen LogP contribution >= 0.6 is 11.3 Å². The van der Waals surface area contributed by atoms with Gasteiger partial charge in [-0.3, -0.25) is 9.59 Å². The number of aromatic nitrogens is 1. The molecule has 0 saturated heterocycles. The fraction of sp³-hybridized carbons (Fsp3) is 0.214. The zero-order chi connectivity index (χ0) is 14.5. The number of benzene rings is 1. The van der Waals surface area contributed by atoms with Crippen LogP contribution in [0, 0.1) is 6.92 Å². The van der Waals surface area contributed by atoms with E-state index in [0.717, 1.165) is 16.9 Å². The number of rotatable bonds is 5. The van der Waals surface area contributed by atoms with Gasteiger partial charge < -0.3 is 11.1 Å². The van der Waals surface area contributed by atoms with Gasteiger partial charge in [-0.25, -0.2) is 4.98 Å². The van der Waals surface area contributed by atoms with Crippen LogP contribution in [0.5, 0.6) is 0 Å². The highest BCUT2D eigenvalue weighted by atomic mass is 32.1. The van der Waals surface area contributed by atoms with Gasteiger partial charge in [0.15, 0.2) is 5.13 Å². The molecule has 1 heterocycles. The zero-order valence-corrected chi connectivity index (χ0v) is 11.9. The van der Waals surface area contributed by atoms with Crippen LogP contribution in [0.3, 0.4) is 0 Å². The number of thiazole rings is 1. The minimum absolute atomic E-state index is 0.128. The van der Waals surface area contributed by atoms with Gasteiger partial charge in [0.05, 0.1) is 6.20 Å². The highest BCUT2D eigenvalue weighted by Crippen LogP contribution is 2.17. The van der Waals surface area contributed by atoms with E-state index >= 15 is 0 Å². The topological polar surface area (TPSA) is 85.1 Å². The lowest BCUT2D eigenvalue weighted by Gasteiger charge is -2.03. The molecule has 0 aliphatic rings. The van der Waals surface area contributed by atoms with Crippen molar-refractivity contribution in [1.29, 1.82) is 0 Å². The van der Waals surface area contributed by atoms with Crippen molar-refractivity contribution in [3.05, 3.63) is 46.5 Å². The summed E-state index contributed by atoms with van der Waals surface area (Å²) in [5.74, 6) is -0.667. The summed E-state index contributed by atoms with van der Waals surface area (Å²) in [6, 6.07) is 8.05. The zero-order valence-electron chi connectivity index (χ0n) is 11.1. The molecule has 0 spiro atoms. The molecule has 0 atom stereocenters. The number of hydrogen-bond acceptors (Lipinski definition) is 4. The first-order valence-electron chi connectivity index (χ1n) is 6.15. The second-order valence-electron chi connectivity index (χ2n) is 4.43. The summed E-state index contributed by atoms with van der Waals surface area (Å²) in [6.45, 7) is 2.02. The Morgan fingerprint density at radius 2 is 2.20 bits per heavy atom. The maximum Gasteiger partial charge on any atom is 0.260 e. The molecular weight excluding hydrogens is 274 g/mol. The van der Waals surface area contributed by atoms with E-state index in [0.29, 0.717) is 22.9 Å². The lowest BCUT2D eigenvalue weighted by Crippen LogP contribution is -2.12. The third kappa shape index (κ3) is 3.89. The Bertz CT molecular complexity index is 637. The predicted molar refractivity (Wildman–Crippen MR) is 78.8 cm³/mol. The molecule has 0 aliphatic heterocycles. The van der Waals surface area contributed by atoms with E-state index in [2.05, 4.69) is 16.4 Å². The largest absolute Gasteiger partial charge is 0.365 e. The molecule has 0 aliphatic carbocycles. The van der Waals surface area contributed by atoms with Crippen molar-refractivity contribution in [2.24, 2.45) is 5.73 Å². The average molecular weight is 289 g/mol. The summed E-state index contributed by atoms with van der Waals surface area (Å²) >= 11 is 1.08. The Kier molecular flexibility index (Phi) is 4.47. The molecule has 6 heteroatoms. The van der Waals surface area contributed by atoms with Crippen LogP contribution < -0.4 is 11.1 Å². The number of nitrogens with two attached hydrogens (primary N) is 1. The summed E-state index contributed by atoms with van der Waals surface area (Å²) in [7, 11) is 0. The van der Waals surface area contributed by atoms with E-state index in [1.165, 1.54) is 11.8 Å². The molecule has 5 nitrogen and oxygen atoms in total. The van der Waals surface area contributed by atoms with Crippen LogP contribution in [0.25, 0.3) is 0 Å². The normalized spacial score (nSPS) is 10.2. The number of aryl methyl sites for hydroxylation is 2. The Labute approximate surface area is 120 Å². The Hall–Kier alpha value is -2.21. The molecule has 0 unspecified atom stereocenters. The smallest absolute Gasteiger partial charge is 0.260 e. The molecule has 1 aromatic heterocycles. The number of carbonyl (C=O) groups excluding carboxylic acids is 2. The van der Waals surface area contributed by atoms with Gasteiger partial charge in [0.1, 0.15) is 4.88 Å². The minimum atomic E-state index is -0.539. The first-order chi connectivity index (χ1) is 9.54. The van der Waals surface area contributed by atoms with Gasteiger partial charge in [0.2, 0.25) is 5.91 Å². The van der Waals surface area contributed by atoms with Crippen molar-refractivity contribution >= 4 is 28.3 Å². The number of amides is 2. The molecule has 104 valence electrons. The van der Waals surface area contributed by atoms with Crippen LogP contribution in [0.4, 0.5) is 5.13 Å². The van der Waals surface area contributed by atoms with Gasteiger partial charge >= 0.3 is 0 Å². The van der Waals surface area contributed by atoms with E-state index in [9.17, 15) is 9.59 Å². The van der Waals surface area contributed by atoms with Gasteiger partial charge in [-0.15, -0.1) is 0 Å². The molecule has 0 fully saturated rings. The quantitative estimate of drug-likeness (QED) is 0.884. The third-order valence-corrected chi connectivity index (χ3v) is 3.65. The predicted octanol–water partition coefficient (Wildman–Crippen LogP) is 2.12. The maximum absolute atomic E-state index is 11.8. The molecule has 0 bridgehead atoms. The van der Waals surface area contributed by atoms with Gasteiger partial charge in [-0.2, -0.15) is 0 Å². The Morgan fingerprint density at radius 3 is 2.85 bits per heavy atom. The molecule has 2 rings (SSSR count). The molecule has 3 N–H and O–H groups in total. The molecule has 20 heavy (non-hydrogen) atoms. The first-order valence-corrected chi connectivity index (χ1v) is 6.97. The highest BCUT2D eigenvalue weighted by Gasteiger charge is 2.09. The first kappa shape index (κ1) is 14.2. The molecule has 0 saturated carbocycles. The van der Waals surface area contributed by atoms with E-state index in [1.54, 1.807) is 0 Å². The van der Waals surface area contributed by atoms with Crippen molar-refractivity contribution in [1.82, 2.24) is 4.98 Å². The monoisotopic (exact) mass is 289 g/mol. The van der Waals surface area contributed by atoms with Crippen molar-refractivity contribution in [2.45, 2.75) is 19.8 Å². The molecule has 1 aromatic carbocycles. The standard InChI is InChI=1S/C14H15N3O2S/c1-9-3-2-4-10(7-9)5-6-12(18)17-14-16-8-11(20-14)13(15)19/h2-4,7-8H,5-6H2,1H3,(H2,15,19)(H,16,17,18). The van der Waals surface area contributed by atoms with Gasteiger partial charge in [0.25, 0.3) is 5.91 Å². The van der Waals surface area contributed by atoms with Gasteiger partial charge in [-0.05, 0) is 18.9 Å². The number of hydrogen-bond donors (Lipinski definition) is 2. The summed E-state index contributed by atoms with van der Waals surface area (Å²) in [4.78, 5) is 27.0. The van der Waals surface area contributed by atoms with Crippen molar-refractivity contribution in [2.75, 3.05) is 5.32 Å². The third-order valence-electron chi connectivity index (χ3n) is 2.72. The second kappa shape index (κ2) is 6.29. The second-order valence-corrected chi connectivity index (χ2v) is 5.46. The average Bonchev–Trinajstić information content (AvgIpc) is 2.85. The van der Waals surface area contributed by atoms with Gasteiger partial charge in [0, 0.05) is 6.42 Å². The number of carbonyl (C=O) groups is 2.